The normalized spacial score (nSPS) is 19.5. The Morgan fingerprint density at radius 3 is 2.94 bits per heavy atom. The van der Waals surface area contributed by atoms with Gasteiger partial charge in [0, 0.05) is 6.54 Å². The molecule has 1 heterocycles. The number of nitrogens with zero attached hydrogens (tertiary/aromatic N) is 1. The predicted octanol–water partition coefficient (Wildman–Crippen LogP) is 1.66. The summed E-state index contributed by atoms with van der Waals surface area (Å²) in [6, 6.07) is 8.08. The van der Waals surface area contributed by atoms with Crippen molar-refractivity contribution in [2.24, 2.45) is 5.73 Å². The highest BCUT2D eigenvalue weighted by atomic mass is 16.6. The first-order valence-electron chi connectivity index (χ1n) is 5.91. The average molecular weight is 234 g/mol. The van der Waals surface area contributed by atoms with Crippen LogP contribution in [0.1, 0.15) is 17.5 Å². The Hall–Kier alpha value is -1.55. The quantitative estimate of drug-likeness (QED) is 0.862. The molecule has 0 aromatic heterocycles. The topological polar surface area (TPSA) is 55.6 Å². The van der Waals surface area contributed by atoms with Gasteiger partial charge in [-0.1, -0.05) is 24.3 Å². The molecule has 1 aromatic rings. The Kier molecular flexibility index (Phi) is 3.64. The zero-order valence-electron chi connectivity index (χ0n) is 10.1. The van der Waals surface area contributed by atoms with Crippen molar-refractivity contribution in [3.63, 3.8) is 0 Å². The second kappa shape index (κ2) is 5.19. The number of hydrogen-bond acceptors (Lipinski definition) is 3. The molecule has 1 saturated heterocycles. The van der Waals surface area contributed by atoms with Crippen molar-refractivity contribution in [2.45, 2.75) is 26.0 Å². The van der Waals surface area contributed by atoms with Crippen LogP contribution in [0.5, 0.6) is 0 Å². The number of aryl methyl sites for hydroxylation is 1. The first kappa shape index (κ1) is 11.9. The van der Waals surface area contributed by atoms with Gasteiger partial charge < -0.3 is 15.4 Å². The molecule has 1 aromatic carbocycles. The second-order valence-corrected chi connectivity index (χ2v) is 4.39. The summed E-state index contributed by atoms with van der Waals surface area (Å²) in [6.07, 6.45) is 0.457. The van der Waals surface area contributed by atoms with Gasteiger partial charge in [-0.15, -0.1) is 0 Å². The number of carbonyl (C=O) groups is 1. The highest BCUT2D eigenvalue weighted by Gasteiger charge is 2.30. The fraction of sp³-hybridized carbons (Fsp3) is 0.462. The van der Waals surface area contributed by atoms with E-state index in [1.54, 1.807) is 4.90 Å². The lowest BCUT2D eigenvalue weighted by Gasteiger charge is -2.14. The summed E-state index contributed by atoms with van der Waals surface area (Å²) in [5.41, 5.74) is 7.83. The van der Waals surface area contributed by atoms with Gasteiger partial charge in [0.25, 0.3) is 0 Å². The van der Waals surface area contributed by atoms with Crippen LogP contribution in [0.15, 0.2) is 24.3 Å². The van der Waals surface area contributed by atoms with Gasteiger partial charge >= 0.3 is 6.09 Å². The Bertz CT molecular complexity index is 406. The molecule has 4 heteroatoms. The van der Waals surface area contributed by atoms with E-state index in [1.165, 1.54) is 5.56 Å². The lowest BCUT2D eigenvalue weighted by Crippen LogP contribution is -2.25. The van der Waals surface area contributed by atoms with E-state index >= 15 is 0 Å². The van der Waals surface area contributed by atoms with E-state index < -0.39 is 0 Å². The van der Waals surface area contributed by atoms with Crippen LogP contribution in [0, 0.1) is 6.92 Å². The van der Waals surface area contributed by atoms with E-state index in [0.717, 1.165) is 12.0 Å². The van der Waals surface area contributed by atoms with E-state index in [4.69, 9.17) is 10.5 Å². The third-order valence-electron chi connectivity index (χ3n) is 3.06. The molecule has 2 N–H and O–H groups in total. The largest absolute Gasteiger partial charge is 0.444 e. The van der Waals surface area contributed by atoms with E-state index in [9.17, 15) is 4.79 Å². The molecular formula is C13H18N2O2. The van der Waals surface area contributed by atoms with Gasteiger partial charge in [-0.25, -0.2) is 4.79 Å². The molecule has 1 amide bonds. The molecule has 92 valence electrons. The van der Waals surface area contributed by atoms with Crippen molar-refractivity contribution in [3.8, 4) is 0 Å². The molecule has 1 atom stereocenters. The van der Waals surface area contributed by atoms with Crippen molar-refractivity contribution in [1.82, 2.24) is 4.90 Å². The zero-order valence-corrected chi connectivity index (χ0v) is 10.1. The summed E-state index contributed by atoms with van der Waals surface area (Å²) < 4.78 is 5.23. The number of amides is 1. The number of ether oxygens (including phenoxy) is 1. The van der Waals surface area contributed by atoms with E-state index in [2.05, 4.69) is 0 Å². The maximum Gasteiger partial charge on any atom is 0.410 e. The molecule has 1 fully saturated rings. The van der Waals surface area contributed by atoms with Gasteiger partial charge in [-0.3, -0.25) is 0 Å². The van der Waals surface area contributed by atoms with Gasteiger partial charge in [0.15, 0.2) is 0 Å². The SMILES string of the molecule is Cc1ccccc1CN1CC(CCN)OC1=O. The van der Waals surface area contributed by atoms with Gasteiger partial charge in [-0.05, 0) is 31.0 Å². The summed E-state index contributed by atoms with van der Waals surface area (Å²) in [5.74, 6) is 0. The Morgan fingerprint density at radius 1 is 1.47 bits per heavy atom. The van der Waals surface area contributed by atoms with Crippen LogP contribution in [0.25, 0.3) is 0 Å². The molecule has 4 nitrogen and oxygen atoms in total. The smallest absolute Gasteiger partial charge is 0.410 e. The monoisotopic (exact) mass is 234 g/mol. The summed E-state index contributed by atoms with van der Waals surface area (Å²) >= 11 is 0. The lowest BCUT2D eigenvalue weighted by molar-refractivity contribution is 0.129. The standard InChI is InChI=1S/C13H18N2O2/c1-10-4-2-3-5-11(10)8-15-9-12(6-7-14)17-13(15)16/h2-5,12H,6-9,14H2,1H3. The van der Waals surface area contributed by atoms with Crippen molar-refractivity contribution in [2.75, 3.05) is 13.1 Å². The lowest BCUT2D eigenvalue weighted by atomic mass is 10.1. The molecule has 0 spiro atoms. The summed E-state index contributed by atoms with van der Waals surface area (Å²) in [4.78, 5) is 13.4. The minimum absolute atomic E-state index is 0.0449. The van der Waals surface area contributed by atoms with Gasteiger partial charge in [0.05, 0.1) is 6.54 Å². The first-order chi connectivity index (χ1) is 8.20. The minimum Gasteiger partial charge on any atom is -0.444 e. The Balaban J connectivity index is 2.00. The summed E-state index contributed by atoms with van der Waals surface area (Å²) in [5, 5.41) is 0. The average Bonchev–Trinajstić information content (AvgIpc) is 2.63. The Labute approximate surface area is 101 Å². The van der Waals surface area contributed by atoms with Gasteiger partial charge in [0.2, 0.25) is 0 Å². The van der Waals surface area contributed by atoms with Crippen LogP contribution < -0.4 is 5.73 Å². The van der Waals surface area contributed by atoms with Crippen molar-refractivity contribution in [3.05, 3.63) is 35.4 Å². The second-order valence-electron chi connectivity index (χ2n) is 4.39. The number of cyclic esters (lactones) is 1. The third-order valence-corrected chi connectivity index (χ3v) is 3.06. The number of benzene rings is 1. The van der Waals surface area contributed by atoms with Gasteiger partial charge in [-0.2, -0.15) is 0 Å². The summed E-state index contributed by atoms with van der Waals surface area (Å²) in [7, 11) is 0. The molecule has 1 aliphatic heterocycles. The number of nitrogens with two attached hydrogens (primary N) is 1. The first-order valence-corrected chi connectivity index (χ1v) is 5.91. The number of carbonyl (C=O) groups excluding carboxylic acids is 1. The fourth-order valence-corrected chi connectivity index (χ4v) is 2.03. The zero-order chi connectivity index (χ0) is 12.3. The van der Waals surface area contributed by atoms with Crippen LogP contribution in [-0.2, 0) is 11.3 Å². The molecular weight excluding hydrogens is 216 g/mol. The van der Waals surface area contributed by atoms with E-state index in [-0.39, 0.29) is 12.2 Å². The van der Waals surface area contributed by atoms with E-state index in [1.807, 2.05) is 31.2 Å². The molecule has 2 rings (SSSR count). The third kappa shape index (κ3) is 2.77. The van der Waals surface area contributed by atoms with Crippen LogP contribution in [0.4, 0.5) is 4.79 Å². The number of hydrogen-bond donors (Lipinski definition) is 1. The highest BCUT2D eigenvalue weighted by molar-refractivity contribution is 5.70. The molecule has 1 unspecified atom stereocenters. The molecule has 0 aliphatic carbocycles. The molecule has 0 saturated carbocycles. The fourth-order valence-electron chi connectivity index (χ4n) is 2.03. The van der Waals surface area contributed by atoms with Crippen LogP contribution in [0.3, 0.4) is 0 Å². The van der Waals surface area contributed by atoms with E-state index in [0.29, 0.717) is 19.6 Å². The predicted molar refractivity (Wildman–Crippen MR) is 65.5 cm³/mol. The number of rotatable bonds is 4. The minimum atomic E-state index is -0.230. The Morgan fingerprint density at radius 2 is 2.24 bits per heavy atom. The van der Waals surface area contributed by atoms with Crippen molar-refractivity contribution < 1.29 is 9.53 Å². The van der Waals surface area contributed by atoms with Crippen molar-refractivity contribution in [1.29, 1.82) is 0 Å². The molecule has 0 radical (unpaired) electrons. The van der Waals surface area contributed by atoms with Gasteiger partial charge in [0.1, 0.15) is 6.10 Å². The summed E-state index contributed by atoms with van der Waals surface area (Å²) in [6.45, 7) is 3.86. The van der Waals surface area contributed by atoms with Crippen LogP contribution in [0.2, 0.25) is 0 Å². The van der Waals surface area contributed by atoms with Crippen LogP contribution in [-0.4, -0.2) is 30.2 Å². The van der Waals surface area contributed by atoms with Crippen molar-refractivity contribution >= 4 is 6.09 Å². The maximum atomic E-state index is 11.6. The highest BCUT2D eigenvalue weighted by Crippen LogP contribution is 2.18. The van der Waals surface area contributed by atoms with Crippen LogP contribution >= 0.6 is 0 Å². The molecule has 0 bridgehead atoms. The maximum absolute atomic E-state index is 11.6. The molecule has 1 aliphatic rings. The molecule has 17 heavy (non-hydrogen) atoms.